The number of carboxylic acid groups (broad SMARTS) is 1. The van der Waals surface area contributed by atoms with Gasteiger partial charge in [-0.25, -0.2) is 19.2 Å². The summed E-state index contributed by atoms with van der Waals surface area (Å²) in [5, 5.41) is 9.65. The highest BCUT2D eigenvalue weighted by Crippen LogP contribution is 2.61. The Hall–Kier alpha value is -4.25. The number of aromatic amines is 2. The number of halogens is 1. The first-order valence-electron chi connectivity index (χ1n) is 13.9. The first-order chi connectivity index (χ1) is 19.7. The predicted molar refractivity (Wildman–Crippen MR) is 150 cm³/mol. The molecule has 3 atom stereocenters. The van der Waals surface area contributed by atoms with Crippen molar-refractivity contribution in [1.82, 2.24) is 24.8 Å². The number of imidazole rings is 1. The van der Waals surface area contributed by atoms with E-state index < -0.39 is 17.2 Å². The van der Waals surface area contributed by atoms with Crippen LogP contribution in [0.5, 0.6) is 11.5 Å². The second-order valence-electron chi connectivity index (χ2n) is 12.1. The SMILES string of the molecule is CC1(C(=O)O)CC1c1cc(F)ccc1Oc1cncnc1N1CCC2(CCN(Cc3ccc4[nH]c(=O)[nH]c4c3)C2)C1. The van der Waals surface area contributed by atoms with Gasteiger partial charge < -0.3 is 24.7 Å². The minimum Gasteiger partial charge on any atom is -0.481 e. The molecule has 10 nitrogen and oxygen atoms in total. The molecule has 212 valence electrons. The Bertz CT molecular complexity index is 1720. The standard InChI is InChI=1S/C30H31FN6O4/c1-29(27(38)39)12-21(29)20-11-19(31)3-5-24(20)41-25-13-32-17-33-26(25)37-9-7-30(16-37)6-8-36(15-30)14-18-2-4-22-23(10-18)35-28(40)34-22/h2-5,10-11,13,17,21H,6-9,12,14-16H2,1H3,(H,38,39)(H2,34,35,40). The molecule has 3 unspecified atom stereocenters. The maximum absolute atomic E-state index is 14.2. The van der Waals surface area contributed by atoms with Gasteiger partial charge in [0.05, 0.1) is 22.6 Å². The molecule has 0 bridgehead atoms. The minimum absolute atomic E-state index is 0.132. The van der Waals surface area contributed by atoms with E-state index in [1.165, 1.54) is 18.5 Å². The number of nitrogens with one attached hydrogen (secondary N) is 2. The minimum atomic E-state index is -0.928. The molecule has 3 aliphatic rings. The van der Waals surface area contributed by atoms with Crippen LogP contribution in [0.4, 0.5) is 10.2 Å². The van der Waals surface area contributed by atoms with Crippen molar-refractivity contribution in [1.29, 1.82) is 0 Å². The number of likely N-dealkylation sites (tertiary alicyclic amines) is 1. The summed E-state index contributed by atoms with van der Waals surface area (Å²) in [5.41, 5.74) is 2.36. The highest BCUT2D eigenvalue weighted by Gasteiger charge is 2.58. The number of rotatable bonds is 7. The van der Waals surface area contributed by atoms with E-state index in [1.807, 2.05) is 12.1 Å². The smallest absolute Gasteiger partial charge is 0.323 e. The van der Waals surface area contributed by atoms with Crippen molar-refractivity contribution in [2.45, 2.75) is 38.6 Å². The average molecular weight is 559 g/mol. The third-order valence-corrected chi connectivity index (χ3v) is 9.19. The average Bonchev–Trinajstić information content (AvgIpc) is 3.24. The first kappa shape index (κ1) is 25.7. The van der Waals surface area contributed by atoms with Gasteiger partial charge in [0.1, 0.15) is 17.9 Å². The molecular weight excluding hydrogens is 527 g/mol. The van der Waals surface area contributed by atoms with Gasteiger partial charge >= 0.3 is 11.7 Å². The summed E-state index contributed by atoms with van der Waals surface area (Å²) in [7, 11) is 0. The lowest BCUT2D eigenvalue weighted by Gasteiger charge is -2.26. The van der Waals surface area contributed by atoms with Crippen LogP contribution in [0.3, 0.4) is 0 Å². The highest BCUT2D eigenvalue weighted by atomic mass is 19.1. The number of hydrogen-bond donors (Lipinski definition) is 3. The van der Waals surface area contributed by atoms with Gasteiger partial charge in [-0.3, -0.25) is 9.69 Å². The van der Waals surface area contributed by atoms with Crippen molar-refractivity contribution in [3.05, 3.63) is 76.4 Å². The number of ether oxygens (including phenoxy) is 1. The molecular formula is C30H31FN6O4. The van der Waals surface area contributed by atoms with E-state index in [9.17, 15) is 19.1 Å². The number of H-pyrrole nitrogens is 2. The maximum atomic E-state index is 14.2. The lowest BCUT2D eigenvalue weighted by Crippen LogP contribution is -2.31. The summed E-state index contributed by atoms with van der Waals surface area (Å²) in [6.45, 7) is 6.11. The molecule has 2 aromatic heterocycles. The molecule has 2 saturated heterocycles. The summed E-state index contributed by atoms with van der Waals surface area (Å²) in [4.78, 5) is 42.5. The Morgan fingerprint density at radius 2 is 1.95 bits per heavy atom. The van der Waals surface area contributed by atoms with Crippen LogP contribution in [0, 0.1) is 16.6 Å². The number of carbonyl (C=O) groups is 1. The molecule has 7 rings (SSSR count). The molecule has 4 heterocycles. The van der Waals surface area contributed by atoms with E-state index in [4.69, 9.17) is 4.74 Å². The van der Waals surface area contributed by atoms with E-state index in [0.29, 0.717) is 29.3 Å². The van der Waals surface area contributed by atoms with E-state index in [1.54, 1.807) is 19.2 Å². The van der Waals surface area contributed by atoms with Crippen molar-refractivity contribution in [3.8, 4) is 11.5 Å². The molecule has 11 heteroatoms. The van der Waals surface area contributed by atoms with Gasteiger partial charge in [0, 0.05) is 43.1 Å². The van der Waals surface area contributed by atoms with Crippen LogP contribution in [0.2, 0.25) is 0 Å². The van der Waals surface area contributed by atoms with E-state index >= 15 is 0 Å². The molecule has 4 aromatic rings. The molecule has 41 heavy (non-hydrogen) atoms. The van der Waals surface area contributed by atoms with Gasteiger partial charge in [-0.15, -0.1) is 0 Å². The van der Waals surface area contributed by atoms with Gasteiger partial charge in [-0.2, -0.15) is 0 Å². The third kappa shape index (κ3) is 4.63. The summed E-state index contributed by atoms with van der Waals surface area (Å²) >= 11 is 0. The fourth-order valence-corrected chi connectivity index (χ4v) is 6.73. The van der Waals surface area contributed by atoms with Crippen LogP contribution in [0.25, 0.3) is 11.0 Å². The Kier molecular flexibility index (Phi) is 5.90. The Morgan fingerprint density at radius 3 is 2.78 bits per heavy atom. The summed E-state index contributed by atoms with van der Waals surface area (Å²) < 4.78 is 20.5. The van der Waals surface area contributed by atoms with Gasteiger partial charge in [0.2, 0.25) is 0 Å². The van der Waals surface area contributed by atoms with Gasteiger partial charge in [-0.1, -0.05) is 6.07 Å². The number of fused-ring (bicyclic) bond motifs is 1. The summed E-state index contributed by atoms with van der Waals surface area (Å²) in [6.07, 6.45) is 5.65. The lowest BCUT2D eigenvalue weighted by molar-refractivity contribution is -0.142. The van der Waals surface area contributed by atoms with Gasteiger partial charge in [-0.05, 0) is 68.6 Å². The van der Waals surface area contributed by atoms with Crippen LogP contribution in [-0.4, -0.2) is 62.1 Å². The van der Waals surface area contributed by atoms with Crippen molar-refractivity contribution in [2.75, 3.05) is 31.1 Å². The number of aliphatic carboxylic acids is 1. The normalized spacial score (nSPS) is 25.8. The highest BCUT2D eigenvalue weighted by molar-refractivity contribution is 5.80. The third-order valence-electron chi connectivity index (χ3n) is 9.19. The van der Waals surface area contributed by atoms with Crippen molar-refractivity contribution in [3.63, 3.8) is 0 Å². The second kappa shape index (κ2) is 9.41. The molecule has 0 radical (unpaired) electrons. The fraction of sp³-hybridized carbons (Fsp3) is 0.400. The van der Waals surface area contributed by atoms with Crippen molar-refractivity contribution >= 4 is 22.8 Å². The Labute approximate surface area is 235 Å². The zero-order valence-corrected chi connectivity index (χ0v) is 22.7. The largest absolute Gasteiger partial charge is 0.481 e. The number of aromatic nitrogens is 4. The zero-order chi connectivity index (χ0) is 28.4. The van der Waals surface area contributed by atoms with Crippen molar-refractivity contribution in [2.24, 2.45) is 10.8 Å². The van der Waals surface area contributed by atoms with E-state index in [2.05, 4.69) is 35.8 Å². The first-order valence-corrected chi connectivity index (χ1v) is 13.9. The monoisotopic (exact) mass is 558 g/mol. The van der Waals surface area contributed by atoms with Crippen LogP contribution >= 0.6 is 0 Å². The quantitative estimate of drug-likeness (QED) is 0.307. The predicted octanol–water partition coefficient (Wildman–Crippen LogP) is 4.26. The fourth-order valence-electron chi connectivity index (χ4n) is 6.73. The van der Waals surface area contributed by atoms with Crippen molar-refractivity contribution < 1.29 is 19.0 Å². The number of benzene rings is 2. The zero-order valence-electron chi connectivity index (χ0n) is 22.7. The molecule has 1 spiro atoms. The molecule has 2 aliphatic heterocycles. The Balaban J connectivity index is 1.07. The summed E-state index contributed by atoms with van der Waals surface area (Å²) in [5.74, 6) is -0.0573. The molecule has 2 aromatic carbocycles. The number of carboxylic acids is 1. The van der Waals surface area contributed by atoms with E-state index in [-0.39, 0.29) is 17.0 Å². The number of anilines is 1. The van der Waals surface area contributed by atoms with Crippen LogP contribution in [0.1, 0.15) is 43.2 Å². The Morgan fingerprint density at radius 1 is 1.12 bits per heavy atom. The second-order valence-corrected chi connectivity index (χ2v) is 12.1. The lowest BCUT2D eigenvalue weighted by atomic mass is 9.86. The topological polar surface area (TPSA) is 127 Å². The molecule has 3 fully saturated rings. The van der Waals surface area contributed by atoms with E-state index in [0.717, 1.165) is 62.2 Å². The van der Waals surface area contributed by atoms with Gasteiger partial charge in [0.25, 0.3) is 0 Å². The molecule has 0 amide bonds. The molecule has 3 N–H and O–H groups in total. The maximum Gasteiger partial charge on any atom is 0.323 e. The van der Waals surface area contributed by atoms with Crippen LogP contribution in [0.15, 0.2) is 53.7 Å². The molecule has 1 saturated carbocycles. The number of nitrogens with zero attached hydrogens (tertiary/aromatic N) is 4. The number of hydrogen-bond acceptors (Lipinski definition) is 7. The summed E-state index contributed by atoms with van der Waals surface area (Å²) in [6, 6.07) is 10.3. The van der Waals surface area contributed by atoms with Crippen LogP contribution in [-0.2, 0) is 11.3 Å². The van der Waals surface area contributed by atoms with Gasteiger partial charge in [0.15, 0.2) is 11.6 Å². The molecule has 1 aliphatic carbocycles. The van der Waals surface area contributed by atoms with Crippen LogP contribution < -0.4 is 15.3 Å².